The molecule has 2 atom stereocenters. The number of carbonyl (C=O) groups is 1. The summed E-state index contributed by atoms with van der Waals surface area (Å²) in [5, 5.41) is 18.7. The van der Waals surface area contributed by atoms with E-state index in [1.54, 1.807) is 17.3 Å². The van der Waals surface area contributed by atoms with Gasteiger partial charge in [0.05, 0.1) is 17.8 Å². The Labute approximate surface area is 172 Å². The van der Waals surface area contributed by atoms with Gasteiger partial charge in [-0.1, -0.05) is 0 Å². The number of likely N-dealkylation sites (tertiary alicyclic amines) is 1. The summed E-state index contributed by atoms with van der Waals surface area (Å²) in [7, 11) is 1.36. The second-order valence-electron chi connectivity index (χ2n) is 8.81. The molecule has 2 aliphatic rings. The van der Waals surface area contributed by atoms with Gasteiger partial charge in [-0.15, -0.1) is 0 Å². The minimum absolute atomic E-state index is 0.0555. The molecule has 0 spiro atoms. The number of carbonyl (C=O) groups excluding carboxylic acids is 1. The normalized spacial score (nSPS) is 24.0. The molecule has 1 aromatic heterocycles. The summed E-state index contributed by atoms with van der Waals surface area (Å²) in [4.78, 5) is 24.6. The highest BCUT2D eigenvalue weighted by molar-refractivity contribution is 6.61. The number of aliphatic hydroxyl groups excluding tert-OH is 2. The van der Waals surface area contributed by atoms with Crippen molar-refractivity contribution in [2.45, 2.75) is 63.9 Å². The van der Waals surface area contributed by atoms with Crippen LogP contribution in [0.5, 0.6) is 0 Å². The molecule has 0 saturated carbocycles. The minimum Gasteiger partial charge on any atom is -0.399 e. The number of amides is 1. The quantitative estimate of drug-likeness (QED) is 0.612. The number of hydrogen-bond donors (Lipinski definition) is 2. The van der Waals surface area contributed by atoms with Gasteiger partial charge in [-0.3, -0.25) is 4.79 Å². The van der Waals surface area contributed by atoms with Crippen LogP contribution in [0.4, 0.5) is 5.95 Å². The average molecular weight is 406 g/mol. The van der Waals surface area contributed by atoms with Crippen molar-refractivity contribution in [1.29, 1.82) is 0 Å². The third-order valence-corrected chi connectivity index (χ3v) is 6.13. The molecule has 3 heterocycles. The summed E-state index contributed by atoms with van der Waals surface area (Å²) in [6.07, 6.45) is 3.74. The van der Waals surface area contributed by atoms with Crippen LogP contribution in [0.3, 0.4) is 0 Å². The number of nitrogens with zero attached hydrogens (tertiary/aromatic N) is 4. The number of aromatic nitrogens is 2. The van der Waals surface area contributed by atoms with E-state index in [1.807, 2.05) is 39.6 Å². The Kier molecular flexibility index (Phi) is 6.19. The van der Waals surface area contributed by atoms with Crippen molar-refractivity contribution in [3.63, 3.8) is 0 Å². The minimum atomic E-state index is -1.36. The molecule has 3 rings (SSSR count). The zero-order chi connectivity index (χ0) is 21.4. The topological polar surface area (TPSA) is 108 Å². The lowest BCUT2D eigenvalue weighted by molar-refractivity contribution is -0.142. The van der Waals surface area contributed by atoms with E-state index in [9.17, 15) is 9.90 Å². The fraction of sp³-hybridized carbons (Fsp3) is 0.737. The fourth-order valence-corrected chi connectivity index (χ4v) is 3.61. The van der Waals surface area contributed by atoms with E-state index in [4.69, 9.17) is 14.4 Å². The predicted molar refractivity (Wildman–Crippen MR) is 109 cm³/mol. The average Bonchev–Trinajstić information content (AvgIpc) is 3.21. The monoisotopic (exact) mass is 406 g/mol. The van der Waals surface area contributed by atoms with Crippen molar-refractivity contribution in [2.24, 2.45) is 0 Å². The first-order valence-corrected chi connectivity index (χ1v) is 10.0. The number of rotatable bonds is 6. The Morgan fingerprint density at radius 3 is 2.45 bits per heavy atom. The van der Waals surface area contributed by atoms with Gasteiger partial charge >= 0.3 is 7.12 Å². The van der Waals surface area contributed by atoms with Crippen LogP contribution in [0.25, 0.3) is 0 Å². The number of aliphatic hydroxyl groups is 2. The van der Waals surface area contributed by atoms with Gasteiger partial charge in [-0.25, -0.2) is 9.97 Å². The van der Waals surface area contributed by atoms with Gasteiger partial charge in [-0.2, -0.15) is 0 Å². The first-order chi connectivity index (χ1) is 13.6. The Hall–Kier alpha value is -1.75. The standard InChI is InChI=1S/C19H31BN4O5/c1-18(2)19(3,4)29-20(28-18)13-9-21-17(22-10-13)23(5)11-14-7-6-8-24(14)16(27)15(26)12-25/h9-10,14-15,25-26H,6-8,11-12H2,1-5H3/t14-,15-/m1/s1. The van der Waals surface area contributed by atoms with Gasteiger partial charge in [0, 0.05) is 44.0 Å². The van der Waals surface area contributed by atoms with Crippen molar-refractivity contribution >= 4 is 24.4 Å². The van der Waals surface area contributed by atoms with E-state index in [0.29, 0.717) is 19.0 Å². The Bertz CT molecular complexity index is 714. The highest BCUT2D eigenvalue weighted by Gasteiger charge is 2.52. The van der Waals surface area contributed by atoms with Crippen molar-refractivity contribution in [3.8, 4) is 0 Å². The second kappa shape index (κ2) is 8.18. The highest BCUT2D eigenvalue weighted by atomic mass is 16.7. The molecule has 1 amide bonds. The molecule has 0 bridgehead atoms. The lowest BCUT2D eigenvalue weighted by atomic mass is 9.81. The highest BCUT2D eigenvalue weighted by Crippen LogP contribution is 2.36. The Balaban J connectivity index is 1.64. The first kappa shape index (κ1) is 22.0. The van der Waals surface area contributed by atoms with Crippen LogP contribution in [-0.4, -0.2) is 88.2 Å². The van der Waals surface area contributed by atoms with Crippen LogP contribution < -0.4 is 10.4 Å². The van der Waals surface area contributed by atoms with Gasteiger partial charge in [0.15, 0.2) is 6.10 Å². The largest absolute Gasteiger partial charge is 0.498 e. The second-order valence-corrected chi connectivity index (χ2v) is 8.81. The van der Waals surface area contributed by atoms with Crippen LogP contribution in [0.2, 0.25) is 0 Å². The number of likely N-dealkylation sites (N-methyl/N-ethyl adjacent to an activating group) is 1. The zero-order valence-electron chi connectivity index (χ0n) is 17.8. The predicted octanol–water partition coefficient (Wildman–Crippen LogP) is -0.444. The van der Waals surface area contributed by atoms with Gasteiger partial charge in [0.25, 0.3) is 5.91 Å². The lowest BCUT2D eigenvalue weighted by Crippen LogP contribution is -2.47. The molecule has 2 N–H and O–H groups in total. The zero-order valence-corrected chi connectivity index (χ0v) is 17.8. The summed E-state index contributed by atoms with van der Waals surface area (Å²) in [5.41, 5.74) is -0.0975. The molecule has 1 aromatic rings. The maximum atomic E-state index is 12.2. The molecular weight excluding hydrogens is 375 g/mol. The van der Waals surface area contributed by atoms with Crippen molar-refractivity contribution < 1.29 is 24.3 Å². The fourth-order valence-electron chi connectivity index (χ4n) is 3.61. The maximum Gasteiger partial charge on any atom is 0.498 e. The van der Waals surface area contributed by atoms with Gasteiger partial charge in [0.1, 0.15) is 0 Å². The number of anilines is 1. The summed E-state index contributed by atoms with van der Waals surface area (Å²) in [5.74, 6) is 0.104. The van der Waals surface area contributed by atoms with Crippen LogP contribution in [0.15, 0.2) is 12.4 Å². The summed E-state index contributed by atoms with van der Waals surface area (Å²) < 4.78 is 12.1. The van der Waals surface area contributed by atoms with E-state index in [0.717, 1.165) is 18.3 Å². The maximum absolute atomic E-state index is 12.2. The molecule has 2 aliphatic heterocycles. The smallest absolute Gasteiger partial charge is 0.399 e. The molecule has 160 valence electrons. The first-order valence-electron chi connectivity index (χ1n) is 10.0. The molecule has 0 radical (unpaired) electrons. The van der Waals surface area contributed by atoms with E-state index in [2.05, 4.69) is 9.97 Å². The SMILES string of the molecule is CN(C[C@H]1CCCN1C(=O)[C@H](O)CO)c1ncc(B2OC(C)(C)C(C)(C)O2)cn1. The van der Waals surface area contributed by atoms with Crippen LogP contribution in [-0.2, 0) is 14.1 Å². The summed E-state index contributed by atoms with van der Waals surface area (Å²) >= 11 is 0. The molecule has 0 aliphatic carbocycles. The van der Waals surface area contributed by atoms with Crippen molar-refractivity contribution in [2.75, 3.05) is 31.6 Å². The summed E-state index contributed by atoms with van der Waals surface area (Å²) in [6.45, 7) is 8.55. The van der Waals surface area contributed by atoms with Crippen molar-refractivity contribution in [1.82, 2.24) is 14.9 Å². The van der Waals surface area contributed by atoms with Gasteiger partial charge in [-0.05, 0) is 40.5 Å². The van der Waals surface area contributed by atoms with Crippen LogP contribution in [0, 0.1) is 0 Å². The Morgan fingerprint density at radius 2 is 1.90 bits per heavy atom. The van der Waals surface area contributed by atoms with E-state index in [-0.39, 0.29) is 6.04 Å². The van der Waals surface area contributed by atoms with Crippen molar-refractivity contribution in [3.05, 3.63) is 12.4 Å². The third-order valence-electron chi connectivity index (χ3n) is 6.13. The van der Waals surface area contributed by atoms with Crippen LogP contribution >= 0.6 is 0 Å². The van der Waals surface area contributed by atoms with Gasteiger partial charge in [0.2, 0.25) is 5.95 Å². The van der Waals surface area contributed by atoms with Crippen LogP contribution in [0.1, 0.15) is 40.5 Å². The Morgan fingerprint density at radius 1 is 1.31 bits per heavy atom. The molecule has 2 saturated heterocycles. The molecular formula is C19H31BN4O5. The molecule has 2 fully saturated rings. The number of hydrogen-bond acceptors (Lipinski definition) is 8. The van der Waals surface area contributed by atoms with E-state index < -0.39 is 36.9 Å². The third kappa shape index (κ3) is 4.40. The molecule has 0 aromatic carbocycles. The molecule has 0 unspecified atom stereocenters. The van der Waals surface area contributed by atoms with E-state index in [1.165, 1.54) is 0 Å². The lowest BCUT2D eigenvalue weighted by Gasteiger charge is -2.32. The molecule has 9 nitrogen and oxygen atoms in total. The molecule has 10 heteroatoms. The van der Waals surface area contributed by atoms with Gasteiger partial charge < -0.3 is 29.3 Å². The summed E-state index contributed by atoms with van der Waals surface area (Å²) in [6, 6.07) is -0.0555. The molecule has 29 heavy (non-hydrogen) atoms. The van der Waals surface area contributed by atoms with E-state index >= 15 is 0 Å².